The van der Waals surface area contributed by atoms with Gasteiger partial charge < -0.3 is 4.52 Å². The summed E-state index contributed by atoms with van der Waals surface area (Å²) >= 11 is 0. The van der Waals surface area contributed by atoms with E-state index < -0.39 is 17.6 Å². The Labute approximate surface area is 147 Å². The summed E-state index contributed by atoms with van der Waals surface area (Å²) in [7, 11) is 0. The first-order valence-electron chi connectivity index (χ1n) is 7.70. The predicted molar refractivity (Wildman–Crippen MR) is 87.9 cm³/mol. The largest absolute Gasteiger partial charge is 0.339 e. The first kappa shape index (κ1) is 17.2. The summed E-state index contributed by atoms with van der Waals surface area (Å²) in [6.45, 7) is 0. The zero-order valence-electron chi connectivity index (χ0n) is 13.5. The second-order valence-electron chi connectivity index (χ2n) is 5.23. The SMILES string of the molecule is O=C(CCc1nc(-c2ccncc2)no1)NNC(=O)c1ccccc1F. The van der Waals surface area contributed by atoms with E-state index in [9.17, 15) is 14.0 Å². The number of aryl methyl sites for hydroxylation is 1. The second kappa shape index (κ2) is 7.97. The Kier molecular flexibility index (Phi) is 5.28. The molecule has 1 aromatic carbocycles. The minimum absolute atomic E-state index is 0.00945. The van der Waals surface area contributed by atoms with Crippen LogP contribution in [0, 0.1) is 5.82 Å². The van der Waals surface area contributed by atoms with Crippen LogP contribution in [0.2, 0.25) is 0 Å². The smallest absolute Gasteiger partial charge is 0.272 e. The van der Waals surface area contributed by atoms with Gasteiger partial charge in [0.1, 0.15) is 5.82 Å². The van der Waals surface area contributed by atoms with Gasteiger partial charge in [-0.25, -0.2) is 4.39 Å². The van der Waals surface area contributed by atoms with E-state index in [1.807, 2.05) is 0 Å². The number of carbonyl (C=O) groups excluding carboxylic acids is 2. The van der Waals surface area contributed by atoms with Crippen LogP contribution in [0.3, 0.4) is 0 Å². The van der Waals surface area contributed by atoms with Crippen LogP contribution in [0.4, 0.5) is 4.39 Å². The van der Waals surface area contributed by atoms with Crippen LogP contribution in [0.15, 0.2) is 53.3 Å². The van der Waals surface area contributed by atoms with Crippen molar-refractivity contribution in [3.05, 3.63) is 66.1 Å². The topological polar surface area (TPSA) is 110 Å². The fourth-order valence-corrected chi connectivity index (χ4v) is 2.10. The molecule has 2 amide bonds. The Morgan fingerprint density at radius 1 is 1.08 bits per heavy atom. The average Bonchev–Trinajstić information content (AvgIpc) is 3.14. The van der Waals surface area contributed by atoms with Crippen LogP contribution in [-0.4, -0.2) is 26.9 Å². The van der Waals surface area contributed by atoms with Crippen molar-refractivity contribution in [2.24, 2.45) is 0 Å². The number of pyridine rings is 1. The summed E-state index contributed by atoms with van der Waals surface area (Å²) in [6, 6.07) is 8.94. The number of aromatic nitrogens is 3. The van der Waals surface area contributed by atoms with Crippen LogP contribution < -0.4 is 10.9 Å². The monoisotopic (exact) mass is 355 g/mol. The number of benzene rings is 1. The number of nitrogens with one attached hydrogen (secondary N) is 2. The summed E-state index contributed by atoms with van der Waals surface area (Å²) in [5.41, 5.74) is 4.95. The molecule has 3 rings (SSSR count). The summed E-state index contributed by atoms with van der Waals surface area (Å²) in [4.78, 5) is 31.7. The van der Waals surface area contributed by atoms with Crippen molar-refractivity contribution in [1.29, 1.82) is 0 Å². The molecule has 3 aromatic rings. The number of amides is 2. The Balaban J connectivity index is 1.48. The van der Waals surface area contributed by atoms with Crippen molar-refractivity contribution in [3.63, 3.8) is 0 Å². The number of carbonyl (C=O) groups is 2. The molecular formula is C17H14FN5O3. The minimum atomic E-state index is -0.741. The summed E-state index contributed by atoms with van der Waals surface area (Å²) < 4.78 is 18.6. The molecule has 0 saturated heterocycles. The van der Waals surface area contributed by atoms with Crippen LogP contribution in [0.1, 0.15) is 22.7 Å². The van der Waals surface area contributed by atoms with E-state index in [1.165, 1.54) is 18.2 Å². The lowest BCUT2D eigenvalue weighted by Gasteiger charge is -2.07. The zero-order valence-corrected chi connectivity index (χ0v) is 13.5. The van der Waals surface area contributed by atoms with Crippen molar-refractivity contribution in [2.75, 3.05) is 0 Å². The number of hydrogen-bond donors (Lipinski definition) is 2. The van der Waals surface area contributed by atoms with Crippen molar-refractivity contribution in [1.82, 2.24) is 26.0 Å². The van der Waals surface area contributed by atoms with Crippen molar-refractivity contribution in [2.45, 2.75) is 12.8 Å². The molecule has 0 saturated carbocycles. The van der Waals surface area contributed by atoms with E-state index in [2.05, 4.69) is 26.0 Å². The highest BCUT2D eigenvalue weighted by Gasteiger charge is 2.13. The van der Waals surface area contributed by atoms with Crippen molar-refractivity contribution in [3.8, 4) is 11.4 Å². The third-order valence-corrected chi connectivity index (χ3v) is 3.41. The van der Waals surface area contributed by atoms with Gasteiger partial charge >= 0.3 is 0 Å². The maximum atomic E-state index is 13.5. The van der Waals surface area contributed by atoms with Crippen LogP contribution in [0.5, 0.6) is 0 Å². The summed E-state index contributed by atoms with van der Waals surface area (Å²) in [5, 5.41) is 3.83. The Hall–Kier alpha value is -3.62. The van der Waals surface area contributed by atoms with Gasteiger partial charge in [-0.2, -0.15) is 4.98 Å². The van der Waals surface area contributed by atoms with Crippen molar-refractivity contribution >= 4 is 11.8 Å². The highest BCUT2D eigenvalue weighted by molar-refractivity contribution is 5.95. The molecule has 0 radical (unpaired) electrons. The number of halogens is 1. The molecule has 0 fully saturated rings. The van der Waals surface area contributed by atoms with Gasteiger partial charge in [0.25, 0.3) is 5.91 Å². The average molecular weight is 355 g/mol. The zero-order chi connectivity index (χ0) is 18.4. The molecule has 0 bridgehead atoms. The molecule has 2 heterocycles. The highest BCUT2D eigenvalue weighted by atomic mass is 19.1. The number of hydrogen-bond acceptors (Lipinski definition) is 6. The van der Waals surface area contributed by atoms with Crippen LogP contribution in [0.25, 0.3) is 11.4 Å². The van der Waals surface area contributed by atoms with Gasteiger partial charge in [-0.1, -0.05) is 17.3 Å². The van der Waals surface area contributed by atoms with E-state index in [1.54, 1.807) is 24.5 Å². The third kappa shape index (κ3) is 4.26. The lowest BCUT2D eigenvalue weighted by Crippen LogP contribution is -2.42. The third-order valence-electron chi connectivity index (χ3n) is 3.41. The highest BCUT2D eigenvalue weighted by Crippen LogP contribution is 2.14. The fourth-order valence-electron chi connectivity index (χ4n) is 2.10. The van der Waals surface area contributed by atoms with Gasteiger partial charge in [0.05, 0.1) is 5.56 Å². The Morgan fingerprint density at radius 3 is 2.62 bits per heavy atom. The molecule has 0 aliphatic rings. The Bertz CT molecular complexity index is 914. The Morgan fingerprint density at radius 2 is 1.85 bits per heavy atom. The number of nitrogens with zero attached hydrogens (tertiary/aromatic N) is 3. The van der Waals surface area contributed by atoms with E-state index in [0.29, 0.717) is 5.82 Å². The van der Waals surface area contributed by atoms with Gasteiger partial charge in [0.15, 0.2) is 0 Å². The lowest BCUT2D eigenvalue weighted by molar-refractivity contribution is -0.121. The predicted octanol–water partition coefficient (Wildman–Crippen LogP) is 1.66. The van der Waals surface area contributed by atoms with Gasteiger partial charge in [0.2, 0.25) is 17.6 Å². The minimum Gasteiger partial charge on any atom is -0.339 e. The molecule has 132 valence electrons. The molecule has 0 aliphatic heterocycles. The molecule has 0 spiro atoms. The summed E-state index contributed by atoms with van der Waals surface area (Å²) in [6.07, 6.45) is 3.42. The van der Waals surface area contributed by atoms with Crippen LogP contribution >= 0.6 is 0 Å². The van der Waals surface area contributed by atoms with Crippen molar-refractivity contribution < 1.29 is 18.5 Å². The van der Waals surface area contributed by atoms with Crippen LogP contribution in [-0.2, 0) is 11.2 Å². The quantitative estimate of drug-likeness (QED) is 0.674. The first-order valence-corrected chi connectivity index (χ1v) is 7.70. The molecule has 9 heteroatoms. The van der Waals surface area contributed by atoms with Gasteiger partial charge in [-0.15, -0.1) is 0 Å². The summed E-state index contributed by atoms with van der Waals surface area (Å²) in [5.74, 6) is -1.20. The molecule has 8 nitrogen and oxygen atoms in total. The number of hydrazine groups is 1. The number of rotatable bonds is 5. The molecule has 0 aliphatic carbocycles. The van der Waals surface area contributed by atoms with Gasteiger partial charge in [-0.05, 0) is 24.3 Å². The molecule has 26 heavy (non-hydrogen) atoms. The van der Waals surface area contributed by atoms with Gasteiger partial charge in [0, 0.05) is 30.8 Å². The maximum Gasteiger partial charge on any atom is 0.272 e. The maximum absolute atomic E-state index is 13.5. The van der Waals surface area contributed by atoms with E-state index >= 15 is 0 Å². The molecular weight excluding hydrogens is 341 g/mol. The normalized spacial score (nSPS) is 10.3. The molecule has 0 atom stereocenters. The van der Waals surface area contributed by atoms with E-state index in [-0.39, 0.29) is 24.3 Å². The first-order chi connectivity index (χ1) is 12.6. The lowest BCUT2D eigenvalue weighted by atomic mass is 10.2. The fraction of sp³-hybridized carbons (Fsp3) is 0.118. The standard InChI is InChI=1S/C17H14FN5O3/c18-13-4-2-1-3-12(13)17(25)22-21-14(24)5-6-15-20-16(23-26-15)11-7-9-19-10-8-11/h1-4,7-10H,5-6H2,(H,21,24)(H,22,25). The van der Waals surface area contributed by atoms with E-state index in [4.69, 9.17) is 4.52 Å². The van der Waals surface area contributed by atoms with Gasteiger partial charge in [-0.3, -0.25) is 25.4 Å². The molecule has 2 aromatic heterocycles. The second-order valence-corrected chi connectivity index (χ2v) is 5.23. The molecule has 0 unspecified atom stereocenters. The van der Waals surface area contributed by atoms with E-state index in [0.717, 1.165) is 11.6 Å². The molecule has 2 N–H and O–H groups in total.